The van der Waals surface area contributed by atoms with Crippen LogP contribution >= 0.6 is 15.9 Å². The molecule has 1 heterocycles. The van der Waals surface area contributed by atoms with Crippen molar-refractivity contribution in [1.82, 2.24) is 5.32 Å². The molecule has 0 saturated heterocycles. The first-order valence-corrected chi connectivity index (χ1v) is 5.77. The van der Waals surface area contributed by atoms with E-state index in [0.29, 0.717) is 19.5 Å². The van der Waals surface area contributed by atoms with E-state index in [2.05, 4.69) is 21.2 Å². The molecule has 92 valence electrons. The summed E-state index contributed by atoms with van der Waals surface area (Å²) in [6, 6.07) is 1.78. The van der Waals surface area contributed by atoms with Crippen molar-refractivity contribution < 1.29 is 17.6 Å². The van der Waals surface area contributed by atoms with Crippen LogP contribution in [0.2, 0.25) is 0 Å². The first-order chi connectivity index (χ1) is 7.49. The van der Waals surface area contributed by atoms with Gasteiger partial charge in [0, 0.05) is 6.42 Å². The van der Waals surface area contributed by atoms with Crippen LogP contribution in [0.1, 0.15) is 25.0 Å². The zero-order valence-electron chi connectivity index (χ0n) is 8.61. The van der Waals surface area contributed by atoms with E-state index in [1.54, 1.807) is 12.3 Å². The molecule has 0 amide bonds. The Balaban J connectivity index is 2.03. The molecule has 2 nitrogen and oxygen atoms in total. The van der Waals surface area contributed by atoms with Gasteiger partial charge in [-0.05, 0) is 41.4 Å². The molecule has 0 radical (unpaired) electrons. The van der Waals surface area contributed by atoms with Crippen molar-refractivity contribution >= 4 is 15.9 Å². The van der Waals surface area contributed by atoms with E-state index in [9.17, 15) is 13.2 Å². The predicted octanol–water partition coefficient (Wildman–Crippen LogP) is 3.86. The summed E-state index contributed by atoms with van der Waals surface area (Å²) >= 11 is 3.29. The molecular weight excluding hydrogens is 287 g/mol. The standard InChI is InChI=1S/C10H13BrF3NO/c11-8-3-6-16-9(8)7-15-5-2-1-4-10(12,13)14/h3,6,15H,1-2,4-5,7H2. The molecule has 16 heavy (non-hydrogen) atoms. The Kier molecular flexibility index (Phi) is 5.34. The second-order valence-electron chi connectivity index (χ2n) is 3.44. The highest BCUT2D eigenvalue weighted by Gasteiger charge is 2.25. The highest BCUT2D eigenvalue weighted by Crippen LogP contribution is 2.22. The summed E-state index contributed by atoms with van der Waals surface area (Å²) in [6.07, 6.45) is -2.51. The molecule has 0 aliphatic heterocycles. The fourth-order valence-corrected chi connectivity index (χ4v) is 1.57. The van der Waals surface area contributed by atoms with Crippen LogP contribution in [0.15, 0.2) is 21.2 Å². The van der Waals surface area contributed by atoms with Crippen LogP contribution < -0.4 is 5.32 Å². The topological polar surface area (TPSA) is 25.2 Å². The third-order valence-electron chi connectivity index (χ3n) is 2.04. The predicted molar refractivity (Wildman–Crippen MR) is 58.0 cm³/mol. The van der Waals surface area contributed by atoms with Crippen molar-refractivity contribution in [3.8, 4) is 0 Å². The fraction of sp³-hybridized carbons (Fsp3) is 0.600. The minimum atomic E-state index is -4.04. The highest BCUT2D eigenvalue weighted by atomic mass is 79.9. The average molecular weight is 300 g/mol. The summed E-state index contributed by atoms with van der Waals surface area (Å²) in [5.41, 5.74) is 0. The third-order valence-corrected chi connectivity index (χ3v) is 2.75. The van der Waals surface area contributed by atoms with E-state index >= 15 is 0 Å². The number of unbranched alkanes of at least 4 members (excludes halogenated alkanes) is 1. The maximum atomic E-state index is 11.8. The van der Waals surface area contributed by atoms with Crippen LogP contribution in [0.4, 0.5) is 13.2 Å². The van der Waals surface area contributed by atoms with Crippen LogP contribution in [0, 0.1) is 0 Å². The minimum Gasteiger partial charge on any atom is -0.467 e. The molecule has 0 saturated carbocycles. The lowest BCUT2D eigenvalue weighted by molar-refractivity contribution is -0.135. The van der Waals surface area contributed by atoms with Crippen molar-refractivity contribution in [1.29, 1.82) is 0 Å². The molecule has 6 heteroatoms. The zero-order chi connectivity index (χ0) is 12.0. The maximum absolute atomic E-state index is 11.8. The number of hydrogen-bond acceptors (Lipinski definition) is 2. The van der Waals surface area contributed by atoms with Crippen LogP contribution in [-0.2, 0) is 6.54 Å². The van der Waals surface area contributed by atoms with Gasteiger partial charge in [0.2, 0.25) is 0 Å². The number of halogens is 4. The molecule has 0 aromatic carbocycles. The molecular formula is C10H13BrF3NO. The summed E-state index contributed by atoms with van der Waals surface area (Å²) in [5.74, 6) is 0.760. The lowest BCUT2D eigenvalue weighted by atomic mass is 10.2. The highest BCUT2D eigenvalue weighted by molar-refractivity contribution is 9.10. The van der Waals surface area contributed by atoms with E-state index in [1.807, 2.05) is 0 Å². The second kappa shape index (κ2) is 6.30. The van der Waals surface area contributed by atoms with Crippen LogP contribution in [-0.4, -0.2) is 12.7 Å². The molecule has 1 rings (SSSR count). The Bertz CT molecular complexity index is 311. The quantitative estimate of drug-likeness (QED) is 0.807. The van der Waals surface area contributed by atoms with Crippen LogP contribution in [0.5, 0.6) is 0 Å². The number of hydrogen-bond donors (Lipinski definition) is 1. The molecule has 0 atom stereocenters. The van der Waals surface area contributed by atoms with Crippen molar-refractivity contribution in [2.24, 2.45) is 0 Å². The second-order valence-corrected chi connectivity index (χ2v) is 4.30. The summed E-state index contributed by atoms with van der Waals surface area (Å²) in [6.45, 7) is 1.09. The fourth-order valence-electron chi connectivity index (χ4n) is 1.23. The van der Waals surface area contributed by atoms with E-state index < -0.39 is 12.6 Å². The van der Waals surface area contributed by atoms with E-state index in [4.69, 9.17) is 4.42 Å². The van der Waals surface area contributed by atoms with Gasteiger partial charge < -0.3 is 9.73 Å². The summed E-state index contributed by atoms with van der Waals surface area (Å²) < 4.78 is 41.4. The minimum absolute atomic E-state index is 0.163. The maximum Gasteiger partial charge on any atom is 0.389 e. The van der Waals surface area contributed by atoms with E-state index in [-0.39, 0.29) is 6.42 Å². The summed E-state index contributed by atoms with van der Waals surface area (Å²) in [5, 5.41) is 3.02. The zero-order valence-corrected chi connectivity index (χ0v) is 10.2. The third kappa shape index (κ3) is 5.55. The molecule has 0 aliphatic rings. The van der Waals surface area contributed by atoms with Gasteiger partial charge in [0.15, 0.2) is 0 Å². The Labute approximate surface area is 100 Å². The van der Waals surface area contributed by atoms with Gasteiger partial charge in [-0.15, -0.1) is 0 Å². The molecule has 1 N–H and O–H groups in total. The van der Waals surface area contributed by atoms with Crippen LogP contribution in [0.25, 0.3) is 0 Å². The first kappa shape index (κ1) is 13.6. The Morgan fingerprint density at radius 3 is 2.62 bits per heavy atom. The first-order valence-electron chi connectivity index (χ1n) is 4.98. The monoisotopic (exact) mass is 299 g/mol. The Hall–Kier alpha value is -0.490. The number of nitrogens with one attached hydrogen (secondary N) is 1. The number of alkyl halides is 3. The Morgan fingerprint density at radius 2 is 2.06 bits per heavy atom. The number of rotatable bonds is 6. The average Bonchev–Trinajstić information content (AvgIpc) is 2.56. The largest absolute Gasteiger partial charge is 0.467 e. The molecule has 0 unspecified atom stereocenters. The Morgan fingerprint density at radius 1 is 1.31 bits per heavy atom. The van der Waals surface area contributed by atoms with E-state index in [1.165, 1.54) is 0 Å². The molecule has 0 aliphatic carbocycles. The molecule has 1 aromatic rings. The molecule has 1 aromatic heterocycles. The molecule has 0 fully saturated rings. The lowest BCUT2D eigenvalue weighted by Gasteiger charge is -2.06. The van der Waals surface area contributed by atoms with Crippen LogP contribution in [0.3, 0.4) is 0 Å². The summed E-state index contributed by atoms with van der Waals surface area (Å²) in [7, 11) is 0. The lowest BCUT2D eigenvalue weighted by Crippen LogP contribution is -2.15. The molecule has 0 bridgehead atoms. The van der Waals surface area contributed by atoms with Gasteiger partial charge in [0.1, 0.15) is 5.76 Å². The van der Waals surface area contributed by atoms with Gasteiger partial charge in [-0.1, -0.05) is 0 Å². The van der Waals surface area contributed by atoms with Gasteiger partial charge in [-0.25, -0.2) is 0 Å². The SMILES string of the molecule is FC(F)(F)CCCCNCc1occc1Br. The van der Waals surface area contributed by atoms with Gasteiger partial charge in [0.05, 0.1) is 17.3 Å². The van der Waals surface area contributed by atoms with Gasteiger partial charge in [-0.2, -0.15) is 13.2 Å². The summed E-state index contributed by atoms with van der Waals surface area (Å²) in [4.78, 5) is 0. The number of furan rings is 1. The van der Waals surface area contributed by atoms with Crippen molar-refractivity contribution in [3.05, 3.63) is 22.6 Å². The molecule has 0 spiro atoms. The van der Waals surface area contributed by atoms with Gasteiger partial charge in [0.25, 0.3) is 0 Å². The van der Waals surface area contributed by atoms with Gasteiger partial charge >= 0.3 is 6.18 Å². The van der Waals surface area contributed by atoms with Crippen molar-refractivity contribution in [2.45, 2.75) is 32.0 Å². The van der Waals surface area contributed by atoms with Crippen molar-refractivity contribution in [3.63, 3.8) is 0 Å². The van der Waals surface area contributed by atoms with Crippen molar-refractivity contribution in [2.75, 3.05) is 6.54 Å². The van der Waals surface area contributed by atoms with Gasteiger partial charge in [-0.3, -0.25) is 0 Å². The van der Waals surface area contributed by atoms with E-state index in [0.717, 1.165) is 10.2 Å². The smallest absolute Gasteiger partial charge is 0.389 e. The normalized spacial score (nSPS) is 12.0.